The number of amides is 1. The number of halogens is 3. The third kappa shape index (κ3) is 5.43. The Morgan fingerprint density at radius 2 is 1.90 bits per heavy atom. The summed E-state index contributed by atoms with van der Waals surface area (Å²) in [7, 11) is 1.98. The number of hydrogen-bond donors (Lipinski definition) is 1. The number of aromatic nitrogens is 4. The van der Waals surface area contributed by atoms with Gasteiger partial charge in [0.05, 0.1) is 23.4 Å². The van der Waals surface area contributed by atoms with Gasteiger partial charge in [0.15, 0.2) is 0 Å². The number of carbonyl (C=O) groups is 2. The van der Waals surface area contributed by atoms with E-state index in [1.807, 2.05) is 29.7 Å². The monoisotopic (exact) mass is 442 g/mol. The lowest BCUT2D eigenvalue weighted by molar-refractivity contribution is -0.192. The number of likely N-dealkylation sites (tertiary alicyclic amines) is 1. The van der Waals surface area contributed by atoms with Gasteiger partial charge in [0, 0.05) is 46.0 Å². The highest BCUT2D eigenvalue weighted by Gasteiger charge is 2.38. The Morgan fingerprint density at radius 3 is 2.45 bits per heavy atom. The number of carboxylic acids is 1. The fraction of sp³-hybridized carbons (Fsp3) is 0.579. The number of nitrogens with zero attached hydrogens (tertiary/aromatic N) is 6. The molecule has 2 aliphatic heterocycles. The van der Waals surface area contributed by atoms with Crippen LogP contribution < -0.4 is 0 Å². The molecular formula is C19H25F3N6O3. The third-order valence-electron chi connectivity index (χ3n) is 5.33. The van der Waals surface area contributed by atoms with E-state index >= 15 is 0 Å². The van der Waals surface area contributed by atoms with Gasteiger partial charge in [-0.25, -0.2) is 9.78 Å². The van der Waals surface area contributed by atoms with E-state index in [1.165, 1.54) is 5.69 Å². The molecule has 2 aromatic heterocycles. The van der Waals surface area contributed by atoms with Crippen LogP contribution in [0.25, 0.3) is 0 Å². The van der Waals surface area contributed by atoms with Crippen molar-refractivity contribution in [3.05, 3.63) is 35.7 Å². The van der Waals surface area contributed by atoms with Crippen molar-refractivity contribution in [2.45, 2.75) is 45.1 Å². The molecule has 0 radical (unpaired) electrons. The minimum Gasteiger partial charge on any atom is -0.475 e. The van der Waals surface area contributed by atoms with Gasteiger partial charge in [0.2, 0.25) is 5.91 Å². The molecule has 1 amide bonds. The molecule has 1 N–H and O–H groups in total. The molecular weight excluding hydrogens is 417 g/mol. The van der Waals surface area contributed by atoms with Crippen molar-refractivity contribution in [2.75, 3.05) is 19.6 Å². The largest absolute Gasteiger partial charge is 0.490 e. The first-order valence-electron chi connectivity index (χ1n) is 9.87. The Hall–Kier alpha value is -2.89. The van der Waals surface area contributed by atoms with Crippen molar-refractivity contribution in [3.8, 4) is 0 Å². The van der Waals surface area contributed by atoms with E-state index in [0.29, 0.717) is 0 Å². The fourth-order valence-electron chi connectivity index (χ4n) is 3.87. The number of carboxylic acid groups (broad SMARTS) is 1. The maximum atomic E-state index is 13.0. The Morgan fingerprint density at radius 1 is 1.26 bits per heavy atom. The number of fused-ring (bicyclic) bond motifs is 1. The number of alkyl halides is 3. The Labute approximate surface area is 177 Å². The number of carbonyl (C=O) groups excluding carboxylic acids is 1. The highest BCUT2D eigenvalue weighted by molar-refractivity contribution is 5.81. The molecule has 0 aliphatic carbocycles. The van der Waals surface area contributed by atoms with E-state index in [0.717, 1.165) is 57.0 Å². The molecule has 4 rings (SSSR count). The van der Waals surface area contributed by atoms with Gasteiger partial charge in [-0.3, -0.25) is 14.4 Å². The molecule has 0 aromatic carbocycles. The van der Waals surface area contributed by atoms with Crippen LogP contribution in [0.1, 0.15) is 36.0 Å². The summed E-state index contributed by atoms with van der Waals surface area (Å²) in [6.45, 7) is 6.12. The molecule has 31 heavy (non-hydrogen) atoms. The predicted octanol–water partition coefficient (Wildman–Crippen LogP) is 1.74. The molecule has 1 unspecified atom stereocenters. The van der Waals surface area contributed by atoms with Gasteiger partial charge in [-0.15, -0.1) is 0 Å². The van der Waals surface area contributed by atoms with Crippen molar-refractivity contribution in [3.63, 3.8) is 0 Å². The number of aliphatic carboxylic acids is 1. The molecule has 2 aliphatic rings. The minimum atomic E-state index is -5.08. The predicted molar refractivity (Wildman–Crippen MR) is 103 cm³/mol. The first kappa shape index (κ1) is 22.8. The quantitative estimate of drug-likeness (QED) is 0.778. The zero-order chi connectivity index (χ0) is 22.8. The molecule has 170 valence electrons. The number of imidazole rings is 1. The average molecular weight is 442 g/mol. The second-order valence-corrected chi connectivity index (χ2v) is 7.71. The van der Waals surface area contributed by atoms with E-state index < -0.39 is 12.1 Å². The van der Waals surface area contributed by atoms with Gasteiger partial charge < -0.3 is 14.6 Å². The third-order valence-corrected chi connectivity index (χ3v) is 5.33. The van der Waals surface area contributed by atoms with Crippen LogP contribution in [0.4, 0.5) is 13.2 Å². The standard InChI is InChI=1S/C17H24N6O.C2HF3O2/c1-13-7-14(20(2)19-13)9-21-10-15-8-18-12-23(15)16(11-21)17(24)22-5-3-4-6-22;3-2(4,5)1(6)7/h7-8,12,16H,3-6,9-11H2,1-2H3;(H,6,7). The van der Waals surface area contributed by atoms with Crippen LogP contribution in [0, 0.1) is 6.92 Å². The van der Waals surface area contributed by atoms with Gasteiger partial charge in [-0.2, -0.15) is 18.3 Å². The van der Waals surface area contributed by atoms with Crippen molar-refractivity contribution in [2.24, 2.45) is 7.05 Å². The maximum absolute atomic E-state index is 13.0. The molecule has 12 heteroatoms. The summed E-state index contributed by atoms with van der Waals surface area (Å²) < 4.78 is 35.7. The summed E-state index contributed by atoms with van der Waals surface area (Å²) in [5.74, 6) is -2.52. The molecule has 1 atom stereocenters. The molecule has 1 fully saturated rings. The van der Waals surface area contributed by atoms with Crippen LogP contribution in [0.15, 0.2) is 18.6 Å². The Kier molecular flexibility index (Phi) is 6.68. The summed E-state index contributed by atoms with van der Waals surface area (Å²) in [5, 5.41) is 11.6. The summed E-state index contributed by atoms with van der Waals surface area (Å²) in [6.07, 6.45) is 0.838. The van der Waals surface area contributed by atoms with Gasteiger partial charge in [0.25, 0.3) is 0 Å². The van der Waals surface area contributed by atoms with Gasteiger partial charge in [-0.1, -0.05) is 0 Å². The summed E-state index contributed by atoms with van der Waals surface area (Å²) >= 11 is 0. The zero-order valence-corrected chi connectivity index (χ0v) is 17.3. The Bertz CT molecular complexity index is 933. The summed E-state index contributed by atoms with van der Waals surface area (Å²) in [4.78, 5) is 30.5. The molecule has 4 heterocycles. The van der Waals surface area contributed by atoms with E-state index in [1.54, 1.807) is 6.33 Å². The first-order chi connectivity index (χ1) is 14.6. The lowest BCUT2D eigenvalue weighted by Gasteiger charge is -2.35. The van der Waals surface area contributed by atoms with Crippen molar-refractivity contribution >= 4 is 11.9 Å². The topological polar surface area (TPSA) is 96.5 Å². The highest BCUT2D eigenvalue weighted by atomic mass is 19.4. The van der Waals surface area contributed by atoms with Crippen LogP contribution in [0.5, 0.6) is 0 Å². The Balaban J connectivity index is 0.000000339. The van der Waals surface area contributed by atoms with E-state index in [4.69, 9.17) is 9.90 Å². The normalized spacial score (nSPS) is 19.0. The lowest BCUT2D eigenvalue weighted by atomic mass is 10.1. The van der Waals surface area contributed by atoms with Crippen molar-refractivity contribution in [1.29, 1.82) is 0 Å². The molecule has 0 spiro atoms. The van der Waals surface area contributed by atoms with Crippen LogP contribution in [-0.4, -0.2) is 71.9 Å². The van der Waals surface area contributed by atoms with E-state index in [-0.39, 0.29) is 11.9 Å². The van der Waals surface area contributed by atoms with Gasteiger partial charge >= 0.3 is 12.1 Å². The van der Waals surface area contributed by atoms with Crippen LogP contribution in [0.3, 0.4) is 0 Å². The lowest BCUT2D eigenvalue weighted by Crippen LogP contribution is -2.45. The van der Waals surface area contributed by atoms with E-state index in [2.05, 4.69) is 25.6 Å². The number of rotatable bonds is 3. The molecule has 9 nitrogen and oxygen atoms in total. The van der Waals surface area contributed by atoms with Crippen molar-refractivity contribution in [1.82, 2.24) is 29.1 Å². The van der Waals surface area contributed by atoms with Gasteiger partial charge in [-0.05, 0) is 25.8 Å². The summed E-state index contributed by atoms with van der Waals surface area (Å²) in [6, 6.07) is 1.95. The molecule has 2 aromatic rings. The zero-order valence-electron chi connectivity index (χ0n) is 17.3. The van der Waals surface area contributed by atoms with Crippen LogP contribution in [-0.2, 0) is 29.7 Å². The minimum absolute atomic E-state index is 0.163. The second kappa shape index (κ2) is 9.08. The SMILES string of the molecule is Cc1cc(CN2Cc3cncn3C(C(=O)N3CCCC3)C2)n(C)n1.O=C(O)C(F)(F)F. The van der Waals surface area contributed by atoms with Gasteiger partial charge in [0.1, 0.15) is 6.04 Å². The molecule has 1 saturated heterocycles. The van der Waals surface area contributed by atoms with Crippen LogP contribution >= 0.6 is 0 Å². The first-order valence-corrected chi connectivity index (χ1v) is 9.87. The van der Waals surface area contributed by atoms with E-state index in [9.17, 15) is 18.0 Å². The second-order valence-electron chi connectivity index (χ2n) is 7.71. The summed E-state index contributed by atoms with van der Waals surface area (Å²) in [5.41, 5.74) is 3.31. The highest BCUT2D eigenvalue weighted by Crippen LogP contribution is 2.25. The van der Waals surface area contributed by atoms with Crippen molar-refractivity contribution < 1.29 is 27.9 Å². The number of hydrogen-bond acceptors (Lipinski definition) is 5. The number of aryl methyl sites for hydroxylation is 2. The average Bonchev–Trinajstić information content (AvgIpc) is 3.42. The molecule has 0 saturated carbocycles. The molecule has 0 bridgehead atoms. The van der Waals surface area contributed by atoms with Crippen LogP contribution in [0.2, 0.25) is 0 Å². The fourth-order valence-corrected chi connectivity index (χ4v) is 3.87. The maximum Gasteiger partial charge on any atom is 0.490 e. The smallest absolute Gasteiger partial charge is 0.475 e.